The molecular formula is C26H34F2N6O4. The van der Waals surface area contributed by atoms with Gasteiger partial charge < -0.3 is 19.3 Å². The van der Waals surface area contributed by atoms with Gasteiger partial charge in [-0.2, -0.15) is 0 Å². The summed E-state index contributed by atoms with van der Waals surface area (Å²) in [5.41, 5.74) is 7.04. The smallest absolute Gasteiger partial charge is 0.409 e. The summed E-state index contributed by atoms with van der Waals surface area (Å²) >= 11 is 0. The van der Waals surface area contributed by atoms with Gasteiger partial charge in [-0.3, -0.25) is 20.7 Å². The molecule has 2 fully saturated rings. The highest BCUT2D eigenvalue weighted by atomic mass is 19.1. The van der Waals surface area contributed by atoms with Gasteiger partial charge in [-0.05, 0) is 12.1 Å². The fraction of sp³-hybridized carbons (Fsp3) is 0.462. The second-order valence-corrected chi connectivity index (χ2v) is 9.27. The highest BCUT2D eigenvalue weighted by Gasteiger charge is 2.24. The Labute approximate surface area is 221 Å². The topological polar surface area (TPSA) is 89.6 Å². The Morgan fingerprint density at radius 1 is 0.684 bits per heavy atom. The van der Waals surface area contributed by atoms with E-state index in [1.807, 2.05) is 0 Å². The lowest BCUT2D eigenvalue weighted by Crippen LogP contribution is -2.48. The molecule has 10 nitrogen and oxygen atoms in total. The minimum Gasteiger partial charge on any atom is -0.453 e. The summed E-state index contributed by atoms with van der Waals surface area (Å²) in [6, 6.07) is 10.1. The third kappa shape index (κ3) is 6.62. The molecule has 2 aromatic rings. The molecular weight excluding hydrogens is 498 g/mol. The number of hydrogen-bond donors (Lipinski definition) is 2. The molecule has 2 saturated heterocycles. The molecule has 0 aliphatic carbocycles. The van der Waals surface area contributed by atoms with E-state index >= 15 is 8.78 Å². The predicted molar refractivity (Wildman–Crippen MR) is 139 cm³/mol. The molecule has 2 aliphatic rings. The quantitative estimate of drug-likeness (QED) is 0.526. The third-order valence-electron chi connectivity index (χ3n) is 6.89. The standard InChI is InChI=1S/C26H34F2N6O4/c1-37-25(35)33-13-9-31(10-14-33)17-19-5-3-7-21(23(19)27)29-30-22-8-4-6-20(24(22)28)18-32-11-15-34(16-12-32)26(36)38-2/h3-8,29-30H,9-18H2,1-2H3. The maximum Gasteiger partial charge on any atom is 0.409 e. The molecule has 12 heteroatoms. The van der Waals surface area contributed by atoms with Gasteiger partial charge in [0.05, 0.1) is 25.6 Å². The number of piperazine rings is 2. The van der Waals surface area contributed by atoms with E-state index in [1.165, 1.54) is 14.2 Å². The van der Waals surface area contributed by atoms with Crippen molar-refractivity contribution in [1.29, 1.82) is 0 Å². The predicted octanol–water partition coefficient (Wildman–Crippen LogP) is 3.17. The fourth-order valence-corrected chi connectivity index (χ4v) is 4.65. The van der Waals surface area contributed by atoms with Crippen molar-refractivity contribution in [3.05, 3.63) is 59.2 Å². The number of ether oxygens (including phenoxy) is 2. The SMILES string of the molecule is COC(=O)N1CCN(Cc2cccc(NNc3cccc(CN4CCN(C(=O)OC)CC4)c3F)c2F)CC1. The van der Waals surface area contributed by atoms with Crippen molar-refractivity contribution in [1.82, 2.24) is 19.6 Å². The van der Waals surface area contributed by atoms with Crippen LogP contribution in [0.2, 0.25) is 0 Å². The molecule has 0 bridgehead atoms. The summed E-state index contributed by atoms with van der Waals surface area (Å²) in [7, 11) is 2.71. The number of methoxy groups -OCH3 is 2. The van der Waals surface area contributed by atoms with E-state index in [1.54, 1.807) is 46.2 Å². The maximum atomic E-state index is 15.2. The fourth-order valence-electron chi connectivity index (χ4n) is 4.65. The van der Waals surface area contributed by atoms with Crippen molar-refractivity contribution in [2.24, 2.45) is 0 Å². The highest BCUT2D eigenvalue weighted by Crippen LogP contribution is 2.23. The molecule has 206 valence electrons. The summed E-state index contributed by atoms with van der Waals surface area (Å²) in [6.45, 7) is 5.30. The maximum absolute atomic E-state index is 15.2. The monoisotopic (exact) mass is 532 g/mol. The molecule has 38 heavy (non-hydrogen) atoms. The Morgan fingerprint density at radius 3 is 1.39 bits per heavy atom. The minimum atomic E-state index is -0.421. The first-order valence-corrected chi connectivity index (χ1v) is 12.6. The van der Waals surface area contributed by atoms with Gasteiger partial charge >= 0.3 is 12.2 Å². The van der Waals surface area contributed by atoms with Crippen LogP contribution >= 0.6 is 0 Å². The molecule has 0 aromatic heterocycles. The summed E-state index contributed by atoms with van der Waals surface area (Å²) in [5, 5.41) is 0. The van der Waals surface area contributed by atoms with E-state index in [-0.39, 0.29) is 23.6 Å². The number of carbonyl (C=O) groups is 2. The first kappa shape index (κ1) is 27.4. The van der Waals surface area contributed by atoms with E-state index < -0.39 is 11.6 Å². The Kier molecular flexibility index (Phi) is 9.19. The number of anilines is 2. The molecule has 0 unspecified atom stereocenters. The zero-order valence-electron chi connectivity index (χ0n) is 21.7. The van der Waals surface area contributed by atoms with E-state index in [0.717, 1.165) is 0 Å². The van der Waals surface area contributed by atoms with Gasteiger partial charge in [0.15, 0.2) is 11.6 Å². The molecule has 2 heterocycles. The van der Waals surface area contributed by atoms with Crippen LogP contribution in [0, 0.1) is 11.6 Å². The normalized spacial score (nSPS) is 16.7. The molecule has 2 amide bonds. The summed E-state index contributed by atoms with van der Waals surface area (Å²) < 4.78 is 40.0. The van der Waals surface area contributed by atoms with Crippen molar-refractivity contribution < 1.29 is 27.8 Å². The average Bonchev–Trinajstić information content (AvgIpc) is 2.95. The third-order valence-corrected chi connectivity index (χ3v) is 6.89. The lowest BCUT2D eigenvalue weighted by Gasteiger charge is -2.34. The van der Waals surface area contributed by atoms with Gasteiger partial charge in [0.1, 0.15) is 0 Å². The van der Waals surface area contributed by atoms with Crippen LogP contribution in [0.3, 0.4) is 0 Å². The lowest BCUT2D eigenvalue weighted by molar-refractivity contribution is 0.0880. The van der Waals surface area contributed by atoms with Gasteiger partial charge in [0.2, 0.25) is 0 Å². The van der Waals surface area contributed by atoms with E-state index in [9.17, 15) is 9.59 Å². The van der Waals surface area contributed by atoms with Crippen molar-refractivity contribution in [3.8, 4) is 0 Å². The first-order chi connectivity index (χ1) is 18.4. The van der Waals surface area contributed by atoms with Crippen LogP contribution in [0.5, 0.6) is 0 Å². The molecule has 0 radical (unpaired) electrons. The Morgan fingerprint density at radius 2 is 1.05 bits per heavy atom. The van der Waals surface area contributed by atoms with E-state index in [0.29, 0.717) is 76.6 Å². The molecule has 0 saturated carbocycles. The Hall–Kier alpha value is -3.64. The van der Waals surface area contributed by atoms with Crippen LogP contribution in [0.15, 0.2) is 36.4 Å². The number of halogens is 2. The van der Waals surface area contributed by atoms with Gasteiger partial charge in [-0.1, -0.05) is 24.3 Å². The van der Waals surface area contributed by atoms with E-state index in [2.05, 4.69) is 20.7 Å². The summed E-state index contributed by atoms with van der Waals surface area (Å²) in [4.78, 5) is 30.7. The number of hydrogen-bond acceptors (Lipinski definition) is 8. The van der Waals surface area contributed by atoms with Crippen LogP contribution in [-0.2, 0) is 22.6 Å². The lowest BCUT2D eigenvalue weighted by atomic mass is 10.1. The number of amides is 2. The first-order valence-electron chi connectivity index (χ1n) is 12.6. The van der Waals surface area contributed by atoms with Gasteiger partial charge in [0.25, 0.3) is 0 Å². The number of carbonyl (C=O) groups excluding carboxylic acids is 2. The Balaban J connectivity index is 1.33. The van der Waals surface area contributed by atoms with Crippen molar-refractivity contribution in [2.75, 3.05) is 77.4 Å². The van der Waals surface area contributed by atoms with Gasteiger partial charge in [-0.15, -0.1) is 0 Å². The average molecular weight is 533 g/mol. The molecule has 0 atom stereocenters. The summed E-state index contributed by atoms with van der Waals surface area (Å²) in [5.74, 6) is -0.842. The zero-order chi connectivity index (χ0) is 27.1. The number of hydrazine groups is 1. The van der Waals surface area contributed by atoms with Crippen LogP contribution in [0.1, 0.15) is 11.1 Å². The zero-order valence-corrected chi connectivity index (χ0v) is 21.7. The van der Waals surface area contributed by atoms with Gasteiger partial charge in [0, 0.05) is 76.6 Å². The largest absolute Gasteiger partial charge is 0.453 e. The number of nitrogens with one attached hydrogen (secondary N) is 2. The van der Waals surface area contributed by atoms with Crippen LogP contribution in [0.25, 0.3) is 0 Å². The molecule has 2 aromatic carbocycles. The molecule has 2 N–H and O–H groups in total. The second kappa shape index (κ2) is 12.7. The molecule has 4 rings (SSSR count). The van der Waals surface area contributed by atoms with Gasteiger partial charge in [-0.25, -0.2) is 18.4 Å². The van der Waals surface area contributed by atoms with Crippen LogP contribution in [-0.4, -0.2) is 98.4 Å². The number of benzene rings is 2. The highest BCUT2D eigenvalue weighted by molar-refractivity contribution is 5.68. The molecule has 2 aliphatic heterocycles. The van der Waals surface area contributed by atoms with Crippen LogP contribution in [0.4, 0.5) is 29.7 Å². The Bertz CT molecular complexity index is 1030. The minimum absolute atomic E-state index is 0.208. The number of rotatable bonds is 7. The van der Waals surface area contributed by atoms with E-state index in [4.69, 9.17) is 9.47 Å². The molecule has 0 spiro atoms. The summed E-state index contributed by atoms with van der Waals surface area (Å²) in [6.07, 6.45) is -0.712. The van der Waals surface area contributed by atoms with Crippen molar-refractivity contribution in [3.63, 3.8) is 0 Å². The van der Waals surface area contributed by atoms with Crippen molar-refractivity contribution in [2.45, 2.75) is 13.1 Å². The number of nitrogens with zero attached hydrogens (tertiary/aromatic N) is 4. The second-order valence-electron chi connectivity index (χ2n) is 9.27. The van der Waals surface area contributed by atoms with Crippen LogP contribution < -0.4 is 10.9 Å². The van der Waals surface area contributed by atoms with Crippen molar-refractivity contribution >= 4 is 23.6 Å².